The van der Waals surface area contributed by atoms with Crippen LogP contribution in [0.4, 0.5) is 17.6 Å². The summed E-state index contributed by atoms with van der Waals surface area (Å²) in [7, 11) is 0. The highest BCUT2D eigenvalue weighted by atomic mass is 19.2. The summed E-state index contributed by atoms with van der Waals surface area (Å²) in [4.78, 5) is 12.1. The Hall–Kier alpha value is -2.63. The van der Waals surface area contributed by atoms with Gasteiger partial charge < -0.3 is 5.32 Å². The number of hydrogen-bond acceptors (Lipinski definition) is 1. The molecule has 2 nitrogen and oxygen atoms in total. The molecule has 0 saturated carbocycles. The minimum absolute atomic E-state index is 0.118. The number of hydrogen-bond donors (Lipinski definition) is 1. The summed E-state index contributed by atoms with van der Waals surface area (Å²) in [6, 6.07) is 4.22. The Labute approximate surface area is 148 Å². The Morgan fingerprint density at radius 2 is 1.77 bits per heavy atom. The largest absolute Gasteiger partial charge is 0.352 e. The highest BCUT2D eigenvalue weighted by Gasteiger charge is 2.22. The van der Waals surface area contributed by atoms with Gasteiger partial charge in [-0.1, -0.05) is 0 Å². The summed E-state index contributed by atoms with van der Waals surface area (Å²) >= 11 is 0. The van der Waals surface area contributed by atoms with Crippen LogP contribution in [-0.4, -0.2) is 12.5 Å². The molecule has 0 radical (unpaired) electrons. The van der Waals surface area contributed by atoms with Crippen LogP contribution in [0.25, 0.3) is 16.7 Å². The molecule has 0 aliphatic carbocycles. The van der Waals surface area contributed by atoms with Crippen molar-refractivity contribution in [2.45, 2.75) is 26.7 Å². The van der Waals surface area contributed by atoms with Crippen molar-refractivity contribution in [3.63, 3.8) is 0 Å². The SMILES string of the molecule is C/C(=C1/CCCNC1=O)c1cc(F)cc(-c2ccc(F)c(F)c2F)c1C. The van der Waals surface area contributed by atoms with Gasteiger partial charge in [-0.05, 0) is 73.2 Å². The quantitative estimate of drug-likeness (QED) is 0.459. The lowest BCUT2D eigenvalue weighted by Gasteiger charge is -2.20. The van der Waals surface area contributed by atoms with Gasteiger partial charge in [-0.3, -0.25) is 4.79 Å². The van der Waals surface area contributed by atoms with Gasteiger partial charge in [0.05, 0.1) is 0 Å². The zero-order valence-electron chi connectivity index (χ0n) is 14.4. The molecule has 1 fully saturated rings. The molecule has 136 valence electrons. The lowest BCUT2D eigenvalue weighted by molar-refractivity contribution is -0.118. The summed E-state index contributed by atoms with van der Waals surface area (Å²) in [6.07, 6.45) is 1.33. The van der Waals surface area contributed by atoms with E-state index in [1.165, 1.54) is 6.07 Å². The van der Waals surface area contributed by atoms with Crippen molar-refractivity contribution in [3.05, 3.63) is 64.2 Å². The summed E-state index contributed by atoms with van der Waals surface area (Å²) in [5.41, 5.74) is 1.95. The summed E-state index contributed by atoms with van der Waals surface area (Å²) < 4.78 is 55.2. The number of piperidine rings is 1. The summed E-state index contributed by atoms with van der Waals surface area (Å²) in [5, 5.41) is 2.74. The molecule has 6 heteroatoms. The van der Waals surface area contributed by atoms with Crippen LogP contribution < -0.4 is 5.32 Å². The van der Waals surface area contributed by atoms with Crippen molar-refractivity contribution in [1.82, 2.24) is 5.32 Å². The number of amides is 1. The summed E-state index contributed by atoms with van der Waals surface area (Å²) in [6.45, 7) is 3.92. The zero-order chi connectivity index (χ0) is 19.0. The van der Waals surface area contributed by atoms with Gasteiger partial charge in [0.1, 0.15) is 5.82 Å². The molecule has 2 aromatic rings. The fourth-order valence-electron chi connectivity index (χ4n) is 3.29. The molecule has 26 heavy (non-hydrogen) atoms. The predicted molar refractivity (Wildman–Crippen MR) is 91.3 cm³/mol. The van der Waals surface area contributed by atoms with Crippen LogP contribution in [0.1, 0.15) is 30.9 Å². The first-order chi connectivity index (χ1) is 12.3. The Morgan fingerprint density at radius 3 is 2.46 bits per heavy atom. The van der Waals surface area contributed by atoms with E-state index in [1.54, 1.807) is 13.8 Å². The van der Waals surface area contributed by atoms with Crippen molar-refractivity contribution in [1.29, 1.82) is 0 Å². The lowest BCUT2D eigenvalue weighted by Crippen LogP contribution is -2.31. The molecule has 1 heterocycles. The maximum absolute atomic E-state index is 14.2. The number of carbonyl (C=O) groups is 1. The van der Waals surface area contributed by atoms with Gasteiger partial charge in [-0.15, -0.1) is 0 Å². The molecular formula is C20H17F4NO. The van der Waals surface area contributed by atoms with Crippen LogP contribution in [0.5, 0.6) is 0 Å². The van der Waals surface area contributed by atoms with E-state index in [0.29, 0.717) is 35.2 Å². The van der Waals surface area contributed by atoms with Gasteiger partial charge in [-0.2, -0.15) is 0 Å². The van der Waals surface area contributed by atoms with Crippen LogP contribution >= 0.6 is 0 Å². The van der Waals surface area contributed by atoms with E-state index in [1.807, 2.05) is 0 Å². The number of carbonyl (C=O) groups excluding carboxylic acids is 1. The third kappa shape index (κ3) is 3.11. The molecule has 0 atom stereocenters. The molecule has 1 N–H and O–H groups in total. The Bertz CT molecular complexity index is 934. The molecule has 0 spiro atoms. The Morgan fingerprint density at radius 1 is 1.04 bits per heavy atom. The van der Waals surface area contributed by atoms with E-state index >= 15 is 0 Å². The summed E-state index contributed by atoms with van der Waals surface area (Å²) in [5.74, 6) is -5.14. The van der Waals surface area contributed by atoms with Gasteiger partial charge in [0.15, 0.2) is 17.5 Å². The second-order valence-corrected chi connectivity index (χ2v) is 6.31. The van der Waals surface area contributed by atoms with E-state index in [9.17, 15) is 22.4 Å². The van der Waals surface area contributed by atoms with E-state index in [4.69, 9.17) is 0 Å². The minimum Gasteiger partial charge on any atom is -0.352 e. The predicted octanol–water partition coefficient (Wildman–Crippen LogP) is 4.90. The van der Waals surface area contributed by atoms with Crippen molar-refractivity contribution < 1.29 is 22.4 Å². The average molecular weight is 363 g/mol. The van der Waals surface area contributed by atoms with Gasteiger partial charge in [0.25, 0.3) is 0 Å². The van der Waals surface area contributed by atoms with Crippen molar-refractivity contribution in [2.24, 2.45) is 0 Å². The van der Waals surface area contributed by atoms with E-state index in [0.717, 1.165) is 24.6 Å². The first-order valence-electron chi connectivity index (χ1n) is 8.23. The van der Waals surface area contributed by atoms with Gasteiger partial charge >= 0.3 is 0 Å². The van der Waals surface area contributed by atoms with Crippen LogP contribution in [-0.2, 0) is 4.79 Å². The van der Waals surface area contributed by atoms with Crippen molar-refractivity contribution in [2.75, 3.05) is 6.54 Å². The highest BCUT2D eigenvalue weighted by Crippen LogP contribution is 2.35. The normalized spacial score (nSPS) is 16.5. The van der Waals surface area contributed by atoms with Crippen LogP contribution in [0.15, 0.2) is 29.8 Å². The minimum atomic E-state index is -1.60. The standard InChI is InChI=1S/C20H17F4NO/c1-10(13-4-3-7-25-20(13)26)15-8-12(21)9-16(11(15)2)14-5-6-17(22)19(24)18(14)23/h5-6,8-9H,3-4,7H2,1-2H3,(H,25,26)/b13-10+. The first-order valence-corrected chi connectivity index (χ1v) is 8.23. The molecular weight excluding hydrogens is 346 g/mol. The Balaban J connectivity index is 2.21. The van der Waals surface area contributed by atoms with Crippen molar-refractivity contribution >= 4 is 11.5 Å². The molecule has 0 bridgehead atoms. The molecule has 1 aliphatic heterocycles. The fraction of sp³-hybridized carbons (Fsp3) is 0.250. The maximum Gasteiger partial charge on any atom is 0.247 e. The third-order valence-electron chi connectivity index (χ3n) is 4.72. The van der Waals surface area contributed by atoms with Gasteiger partial charge in [0, 0.05) is 17.7 Å². The zero-order valence-corrected chi connectivity index (χ0v) is 14.4. The Kier molecular flexibility index (Phi) is 4.85. The fourth-order valence-corrected chi connectivity index (χ4v) is 3.29. The molecule has 2 aromatic carbocycles. The molecule has 0 aromatic heterocycles. The van der Waals surface area contributed by atoms with Gasteiger partial charge in [0.2, 0.25) is 5.91 Å². The first kappa shape index (κ1) is 18.2. The number of rotatable bonds is 2. The number of nitrogens with one attached hydrogen (secondary N) is 1. The van der Waals surface area contributed by atoms with Crippen LogP contribution in [0.3, 0.4) is 0 Å². The molecule has 1 amide bonds. The number of benzene rings is 2. The highest BCUT2D eigenvalue weighted by molar-refractivity contribution is 6.02. The number of allylic oxidation sites excluding steroid dienone is 1. The van der Waals surface area contributed by atoms with Crippen molar-refractivity contribution in [3.8, 4) is 11.1 Å². The van der Waals surface area contributed by atoms with E-state index in [-0.39, 0.29) is 17.0 Å². The smallest absolute Gasteiger partial charge is 0.247 e. The average Bonchev–Trinajstić information content (AvgIpc) is 2.62. The number of halogens is 4. The molecule has 1 saturated heterocycles. The van der Waals surface area contributed by atoms with Gasteiger partial charge in [-0.25, -0.2) is 17.6 Å². The van der Waals surface area contributed by atoms with E-state index < -0.39 is 23.3 Å². The van der Waals surface area contributed by atoms with Crippen LogP contribution in [0.2, 0.25) is 0 Å². The monoisotopic (exact) mass is 363 g/mol. The third-order valence-corrected chi connectivity index (χ3v) is 4.72. The molecule has 3 rings (SSSR count). The second kappa shape index (κ2) is 6.94. The van der Waals surface area contributed by atoms with Crippen LogP contribution in [0, 0.1) is 30.2 Å². The van der Waals surface area contributed by atoms with E-state index in [2.05, 4.69) is 5.32 Å². The molecule has 1 aliphatic rings. The molecule has 0 unspecified atom stereocenters. The maximum atomic E-state index is 14.2. The lowest BCUT2D eigenvalue weighted by atomic mass is 9.88. The second-order valence-electron chi connectivity index (χ2n) is 6.31. The topological polar surface area (TPSA) is 29.1 Å².